The molecule has 4 rings (SSSR count). The summed E-state index contributed by atoms with van der Waals surface area (Å²) < 4.78 is 5.76. The molecule has 1 saturated heterocycles. The zero-order valence-electron chi connectivity index (χ0n) is 19.8. The summed E-state index contributed by atoms with van der Waals surface area (Å²) in [6.07, 6.45) is 3.61. The van der Waals surface area contributed by atoms with E-state index in [2.05, 4.69) is 31.0 Å². The third-order valence-corrected chi connectivity index (χ3v) is 6.74. The summed E-state index contributed by atoms with van der Waals surface area (Å²) in [7, 11) is 1.65. The van der Waals surface area contributed by atoms with Gasteiger partial charge in [0.25, 0.3) is 0 Å². The van der Waals surface area contributed by atoms with Crippen LogP contribution >= 0.6 is 0 Å². The van der Waals surface area contributed by atoms with E-state index in [1.807, 2.05) is 24.3 Å². The number of carbonyl (C=O) groups excluding carboxylic acids is 3. The molecule has 176 valence electrons. The fourth-order valence-electron chi connectivity index (χ4n) is 4.69. The lowest BCUT2D eigenvalue weighted by Crippen LogP contribution is -2.36. The standard InChI is InChI=1S/C25H32N4O4/c1-25(2,3)17-11-9-16(10-12-17)22-27-26-20(33-22)15-28(4)21(30)13-14-29-23(31)18-7-5-6-8-19(18)24(29)32/h9-12,18-19H,5-8,13-15H2,1-4H3/t18-,19-/m1/s1. The molecule has 1 saturated carbocycles. The smallest absolute Gasteiger partial charge is 0.247 e. The summed E-state index contributed by atoms with van der Waals surface area (Å²) in [4.78, 5) is 40.6. The molecule has 0 radical (unpaired) electrons. The molecule has 8 nitrogen and oxygen atoms in total. The van der Waals surface area contributed by atoms with Gasteiger partial charge in [0.2, 0.25) is 29.5 Å². The van der Waals surface area contributed by atoms with Gasteiger partial charge in [-0.3, -0.25) is 19.3 Å². The van der Waals surface area contributed by atoms with Crippen LogP contribution in [-0.4, -0.2) is 51.3 Å². The molecule has 0 unspecified atom stereocenters. The van der Waals surface area contributed by atoms with Crippen LogP contribution in [-0.2, 0) is 26.3 Å². The number of fused-ring (bicyclic) bond motifs is 1. The first-order chi connectivity index (χ1) is 15.6. The molecule has 2 aromatic rings. The summed E-state index contributed by atoms with van der Waals surface area (Å²) >= 11 is 0. The van der Waals surface area contributed by atoms with Crippen LogP contribution in [0.2, 0.25) is 0 Å². The van der Waals surface area contributed by atoms with Crippen molar-refractivity contribution in [3.63, 3.8) is 0 Å². The van der Waals surface area contributed by atoms with Gasteiger partial charge in [0.15, 0.2) is 0 Å². The Morgan fingerprint density at radius 1 is 1.06 bits per heavy atom. The maximum atomic E-state index is 12.6. The van der Waals surface area contributed by atoms with Crippen LogP contribution in [0.3, 0.4) is 0 Å². The van der Waals surface area contributed by atoms with Gasteiger partial charge in [0, 0.05) is 25.6 Å². The molecule has 1 aromatic carbocycles. The summed E-state index contributed by atoms with van der Waals surface area (Å²) in [5.41, 5.74) is 2.10. The van der Waals surface area contributed by atoms with Crippen LogP contribution in [0.1, 0.15) is 64.3 Å². The second-order valence-corrected chi connectivity index (χ2v) is 10.2. The molecule has 8 heteroatoms. The maximum Gasteiger partial charge on any atom is 0.247 e. The molecule has 1 aromatic heterocycles. The third-order valence-electron chi connectivity index (χ3n) is 6.74. The molecule has 0 bridgehead atoms. The SMILES string of the molecule is CN(Cc1nnc(-c2ccc(C(C)(C)C)cc2)o1)C(=O)CCN1C(=O)[C@@H]2CCCC[C@H]2C1=O. The molecular formula is C25H32N4O4. The summed E-state index contributed by atoms with van der Waals surface area (Å²) in [5.74, 6) is -0.0397. The number of rotatable bonds is 6. The number of hydrogen-bond acceptors (Lipinski definition) is 6. The van der Waals surface area contributed by atoms with Gasteiger partial charge >= 0.3 is 0 Å². The Hall–Kier alpha value is -3.03. The average molecular weight is 453 g/mol. The Kier molecular flexibility index (Phi) is 6.36. The van der Waals surface area contributed by atoms with Crippen LogP contribution in [0.4, 0.5) is 0 Å². The normalized spacial score (nSPS) is 20.8. The van der Waals surface area contributed by atoms with E-state index in [4.69, 9.17) is 4.42 Å². The average Bonchev–Trinajstić information content (AvgIpc) is 3.35. The second kappa shape index (κ2) is 9.08. The Labute approximate surface area is 194 Å². The van der Waals surface area contributed by atoms with Crippen LogP contribution in [0.25, 0.3) is 11.5 Å². The van der Waals surface area contributed by atoms with Gasteiger partial charge in [0.1, 0.15) is 0 Å². The highest BCUT2D eigenvalue weighted by Gasteiger charge is 2.47. The van der Waals surface area contributed by atoms with Crippen LogP contribution in [0.5, 0.6) is 0 Å². The van der Waals surface area contributed by atoms with Crippen molar-refractivity contribution in [2.45, 2.75) is 64.8 Å². The molecule has 2 atom stereocenters. The lowest BCUT2D eigenvalue weighted by atomic mass is 9.81. The first-order valence-corrected chi connectivity index (χ1v) is 11.7. The monoisotopic (exact) mass is 452 g/mol. The predicted octanol–water partition coefficient (Wildman–Crippen LogP) is 3.56. The molecule has 3 amide bonds. The van der Waals surface area contributed by atoms with Crippen molar-refractivity contribution in [1.29, 1.82) is 0 Å². The zero-order valence-corrected chi connectivity index (χ0v) is 19.8. The van der Waals surface area contributed by atoms with Crippen molar-refractivity contribution < 1.29 is 18.8 Å². The number of carbonyl (C=O) groups is 3. The van der Waals surface area contributed by atoms with Crippen LogP contribution < -0.4 is 0 Å². The van der Waals surface area contributed by atoms with Crippen molar-refractivity contribution in [3.8, 4) is 11.5 Å². The summed E-state index contributed by atoms with van der Waals surface area (Å²) in [6, 6.07) is 8.00. The predicted molar refractivity (Wildman–Crippen MR) is 122 cm³/mol. The fourth-order valence-corrected chi connectivity index (χ4v) is 4.69. The first-order valence-electron chi connectivity index (χ1n) is 11.7. The second-order valence-electron chi connectivity index (χ2n) is 10.2. The molecular weight excluding hydrogens is 420 g/mol. The van der Waals surface area contributed by atoms with Crippen molar-refractivity contribution in [2.24, 2.45) is 11.8 Å². The highest BCUT2D eigenvalue weighted by Crippen LogP contribution is 2.38. The summed E-state index contributed by atoms with van der Waals surface area (Å²) in [6.45, 7) is 6.76. The molecule has 2 fully saturated rings. The minimum atomic E-state index is -0.187. The zero-order chi connectivity index (χ0) is 23.8. The highest BCUT2D eigenvalue weighted by molar-refractivity contribution is 6.05. The van der Waals surface area contributed by atoms with Crippen molar-refractivity contribution >= 4 is 17.7 Å². The Bertz CT molecular complexity index is 1010. The number of amides is 3. The van der Waals surface area contributed by atoms with Gasteiger partial charge < -0.3 is 9.32 Å². The number of imide groups is 1. The van der Waals surface area contributed by atoms with Gasteiger partial charge in [-0.1, -0.05) is 45.7 Å². The van der Waals surface area contributed by atoms with Gasteiger partial charge in [-0.2, -0.15) is 0 Å². The summed E-state index contributed by atoms with van der Waals surface area (Å²) in [5, 5.41) is 8.18. The van der Waals surface area contributed by atoms with Crippen molar-refractivity contribution in [2.75, 3.05) is 13.6 Å². The largest absolute Gasteiger partial charge is 0.419 e. The van der Waals surface area contributed by atoms with Gasteiger partial charge in [-0.05, 0) is 36.0 Å². The van der Waals surface area contributed by atoms with E-state index >= 15 is 0 Å². The van der Waals surface area contributed by atoms with E-state index in [0.29, 0.717) is 11.8 Å². The third kappa shape index (κ3) is 4.84. The van der Waals surface area contributed by atoms with E-state index in [1.54, 1.807) is 7.05 Å². The molecule has 0 spiro atoms. The quantitative estimate of drug-likeness (QED) is 0.622. The van der Waals surface area contributed by atoms with Crippen molar-refractivity contribution in [1.82, 2.24) is 20.0 Å². The number of likely N-dealkylation sites (tertiary alicyclic amines) is 1. The van der Waals surface area contributed by atoms with E-state index < -0.39 is 0 Å². The molecule has 33 heavy (non-hydrogen) atoms. The Morgan fingerprint density at radius 3 is 2.24 bits per heavy atom. The number of aromatic nitrogens is 2. The Morgan fingerprint density at radius 2 is 1.67 bits per heavy atom. The van der Waals surface area contributed by atoms with E-state index in [0.717, 1.165) is 31.2 Å². The van der Waals surface area contributed by atoms with Crippen molar-refractivity contribution in [3.05, 3.63) is 35.7 Å². The van der Waals surface area contributed by atoms with E-state index in [-0.39, 0.29) is 54.5 Å². The highest BCUT2D eigenvalue weighted by atomic mass is 16.4. The molecule has 1 aliphatic carbocycles. The minimum Gasteiger partial charge on any atom is -0.419 e. The van der Waals surface area contributed by atoms with Gasteiger partial charge in [-0.25, -0.2) is 0 Å². The number of hydrogen-bond donors (Lipinski definition) is 0. The Balaban J connectivity index is 1.32. The van der Waals surface area contributed by atoms with Crippen LogP contribution in [0, 0.1) is 11.8 Å². The van der Waals surface area contributed by atoms with E-state index in [9.17, 15) is 14.4 Å². The van der Waals surface area contributed by atoms with Gasteiger partial charge in [0.05, 0.1) is 18.4 Å². The van der Waals surface area contributed by atoms with Gasteiger partial charge in [-0.15, -0.1) is 10.2 Å². The molecule has 2 aliphatic rings. The topological polar surface area (TPSA) is 96.6 Å². The number of nitrogens with zero attached hydrogens (tertiary/aromatic N) is 4. The van der Waals surface area contributed by atoms with Crippen LogP contribution in [0.15, 0.2) is 28.7 Å². The lowest BCUT2D eigenvalue weighted by molar-refractivity contribution is -0.140. The first kappa shape index (κ1) is 23.1. The number of benzene rings is 1. The minimum absolute atomic E-state index is 0.0594. The fraction of sp³-hybridized carbons (Fsp3) is 0.560. The lowest BCUT2D eigenvalue weighted by Gasteiger charge is -2.19. The molecule has 0 N–H and O–H groups in total. The maximum absolute atomic E-state index is 12.6. The molecule has 2 heterocycles. The van der Waals surface area contributed by atoms with E-state index in [1.165, 1.54) is 15.4 Å². The molecule has 1 aliphatic heterocycles.